The third-order valence-electron chi connectivity index (χ3n) is 1.35. The van der Waals surface area contributed by atoms with E-state index in [1.807, 2.05) is 0 Å². The monoisotopic (exact) mass is 200 g/mol. The van der Waals surface area contributed by atoms with Crippen LogP contribution in [0.4, 0.5) is 5.69 Å². The molecule has 0 N–H and O–H groups in total. The van der Waals surface area contributed by atoms with E-state index in [1.54, 1.807) is 0 Å². The Morgan fingerprint density at radius 3 is 2.00 bits per heavy atom. The van der Waals surface area contributed by atoms with Crippen molar-refractivity contribution in [3.05, 3.63) is 34.4 Å². The second kappa shape index (κ2) is 3.11. The fourth-order valence-electron chi connectivity index (χ4n) is 0.740. The molecule has 0 aromatic heterocycles. The molecule has 7 heteroatoms. The highest BCUT2D eigenvalue weighted by atomic mass is 32.2. The maximum absolute atomic E-state index is 10.5. The van der Waals surface area contributed by atoms with Gasteiger partial charge >= 0.3 is 0 Å². The number of nitro groups is 1. The smallest absolute Gasteiger partial charge is 0.258 e. The predicted octanol–water partition coefficient (Wildman–Crippen LogP) is 0.352. The Kier molecular flexibility index (Phi) is 2.30. The summed E-state index contributed by atoms with van der Waals surface area (Å²) in [7, 11) is -4.27. The van der Waals surface area contributed by atoms with Gasteiger partial charge in [0.15, 0.2) is 0 Å². The summed E-state index contributed by atoms with van der Waals surface area (Å²) in [5.74, 6) is 0. The van der Waals surface area contributed by atoms with Gasteiger partial charge in [-0.15, -0.1) is 0 Å². The summed E-state index contributed by atoms with van der Waals surface area (Å²) in [6.45, 7) is 0. The lowest BCUT2D eigenvalue weighted by Crippen LogP contribution is -2.00. The second-order valence-electron chi connectivity index (χ2n) is 2.23. The van der Waals surface area contributed by atoms with Gasteiger partial charge in [-0.1, -0.05) is 0 Å². The van der Waals surface area contributed by atoms with E-state index in [4.69, 9.17) is 5.14 Å². The third-order valence-corrected chi connectivity index (χ3v) is 2.21. The highest BCUT2D eigenvalue weighted by Crippen LogP contribution is 2.14. The molecule has 1 rings (SSSR count). The van der Waals surface area contributed by atoms with Crippen molar-refractivity contribution in [3.8, 4) is 0 Å². The summed E-state index contributed by atoms with van der Waals surface area (Å²) in [5.41, 5.74) is -0.229. The highest BCUT2D eigenvalue weighted by molar-refractivity contribution is 7.88. The number of hydrogen-bond donors (Lipinski definition) is 0. The van der Waals surface area contributed by atoms with Crippen LogP contribution in [0.25, 0.3) is 0 Å². The van der Waals surface area contributed by atoms with Crippen LogP contribution < -0.4 is 5.14 Å². The van der Waals surface area contributed by atoms with Crippen LogP contribution in [-0.4, -0.2) is 13.3 Å². The van der Waals surface area contributed by atoms with Crippen molar-refractivity contribution >= 4 is 15.7 Å². The Labute approximate surface area is 74.2 Å². The van der Waals surface area contributed by atoms with E-state index in [0.29, 0.717) is 0 Å². The minimum Gasteiger partial charge on any atom is -0.258 e. The minimum absolute atomic E-state index is 0.229. The Bertz CT molecular complexity index is 422. The number of nitrogens with zero attached hydrogens (tertiary/aromatic N) is 2. The van der Waals surface area contributed by atoms with E-state index in [-0.39, 0.29) is 10.6 Å². The van der Waals surface area contributed by atoms with Gasteiger partial charge in [0.05, 0.1) is 9.82 Å². The second-order valence-corrected chi connectivity index (χ2v) is 3.65. The molecule has 0 spiro atoms. The first-order valence-corrected chi connectivity index (χ1v) is 4.57. The van der Waals surface area contributed by atoms with Crippen molar-refractivity contribution in [1.82, 2.24) is 5.14 Å². The van der Waals surface area contributed by atoms with Crippen molar-refractivity contribution in [3.63, 3.8) is 0 Å². The number of hydrogen-bond acceptors (Lipinski definition) is 4. The van der Waals surface area contributed by atoms with Gasteiger partial charge in [-0.05, 0) is 12.1 Å². The lowest BCUT2D eigenvalue weighted by atomic mass is 10.3. The summed E-state index contributed by atoms with van der Waals surface area (Å²) in [4.78, 5) is 9.13. The van der Waals surface area contributed by atoms with Crippen molar-refractivity contribution < 1.29 is 13.3 Å². The molecule has 0 bridgehead atoms. The van der Waals surface area contributed by atoms with Crippen LogP contribution in [-0.2, 0) is 10.0 Å². The summed E-state index contributed by atoms with van der Waals surface area (Å²) >= 11 is 0. The number of nitro benzene ring substituents is 1. The number of sulfonamides is 1. The molecular formula is C6H4N2O4S. The van der Waals surface area contributed by atoms with Crippen molar-refractivity contribution in [1.29, 1.82) is 0 Å². The zero-order valence-electron chi connectivity index (χ0n) is 6.25. The molecule has 0 unspecified atom stereocenters. The standard InChI is InChI=1S/C6H4N2O4S/c7-13(11,12)6-3-1-5(2-4-6)8(9)10/h1-4H. The van der Waals surface area contributed by atoms with E-state index in [9.17, 15) is 18.5 Å². The molecule has 1 aromatic rings. The molecule has 0 saturated carbocycles. The van der Waals surface area contributed by atoms with Crippen LogP contribution in [0.5, 0.6) is 0 Å². The molecule has 0 aliphatic carbocycles. The topological polar surface area (TPSA) is 99.6 Å². The molecule has 0 saturated heterocycles. The largest absolute Gasteiger partial charge is 0.273 e. The van der Waals surface area contributed by atoms with E-state index >= 15 is 0 Å². The molecule has 0 amide bonds. The van der Waals surface area contributed by atoms with Crippen molar-refractivity contribution in [2.45, 2.75) is 4.90 Å². The van der Waals surface area contributed by atoms with Gasteiger partial charge in [-0.2, -0.15) is 0 Å². The molecule has 1 aromatic carbocycles. The molecule has 6 nitrogen and oxygen atoms in total. The van der Waals surface area contributed by atoms with Gasteiger partial charge in [0.2, 0.25) is 0 Å². The van der Waals surface area contributed by atoms with E-state index in [1.165, 1.54) is 0 Å². The quantitative estimate of drug-likeness (QED) is 0.507. The molecule has 68 valence electrons. The molecule has 0 fully saturated rings. The van der Waals surface area contributed by atoms with Crippen molar-refractivity contribution in [2.75, 3.05) is 0 Å². The van der Waals surface area contributed by atoms with Gasteiger partial charge in [-0.3, -0.25) is 10.1 Å². The van der Waals surface area contributed by atoms with Crippen LogP contribution >= 0.6 is 0 Å². The summed E-state index contributed by atoms with van der Waals surface area (Å²) in [6, 6.07) is 3.94. The van der Waals surface area contributed by atoms with Gasteiger partial charge in [-0.25, -0.2) is 8.42 Å². The first-order chi connectivity index (χ1) is 5.91. The van der Waals surface area contributed by atoms with Gasteiger partial charge in [0.25, 0.3) is 15.7 Å². The van der Waals surface area contributed by atoms with E-state index in [2.05, 4.69) is 0 Å². The summed E-state index contributed by atoms with van der Waals surface area (Å²) in [5, 5.41) is 18.7. The molecule has 0 aliphatic rings. The first-order valence-electron chi connectivity index (χ1n) is 3.13. The summed E-state index contributed by atoms with van der Waals surface area (Å²) in [6.07, 6.45) is 0. The number of benzene rings is 1. The van der Waals surface area contributed by atoms with Crippen LogP contribution in [0.3, 0.4) is 0 Å². The number of non-ortho nitro benzene ring substituents is 1. The van der Waals surface area contributed by atoms with Crippen LogP contribution in [0.15, 0.2) is 29.2 Å². The maximum Gasteiger partial charge on any atom is 0.273 e. The average Bonchev–Trinajstić information content (AvgIpc) is 2.03. The average molecular weight is 200 g/mol. The highest BCUT2D eigenvalue weighted by Gasteiger charge is 2.12. The molecule has 0 aliphatic heterocycles. The maximum atomic E-state index is 10.5. The predicted molar refractivity (Wildman–Crippen MR) is 42.4 cm³/mol. The molecule has 0 heterocycles. The minimum atomic E-state index is -4.27. The Morgan fingerprint density at radius 1 is 1.23 bits per heavy atom. The zero-order valence-corrected chi connectivity index (χ0v) is 7.06. The lowest BCUT2D eigenvalue weighted by molar-refractivity contribution is -0.384. The Hall–Kier alpha value is -1.47. The van der Waals surface area contributed by atoms with Gasteiger partial charge < -0.3 is 0 Å². The third kappa shape index (κ3) is 2.23. The molecule has 2 radical (unpaired) electrons. The Morgan fingerprint density at radius 2 is 1.69 bits per heavy atom. The molecular weight excluding hydrogens is 196 g/mol. The Balaban J connectivity index is 3.16. The first kappa shape index (κ1) is 9.62. The van der Waals surface area contributed by atoms with Gasteiger partial charge in [0, 0.05) is 17.3 Å². The van der Waals surface area contributed by atoms with E-state index in [0.717, 1.165) is 24.3 Å². The van der Waals surface area contributed by atoms with E-state index < -0.39 is 14.9 Å². The fourth-order valence-corrected chi connectivity index (χ4v) is 1.22. The summed E-state index contributed by atoms with van der Waals surface area (Å²) < 4.78 is 21.0. The SMILES string of the molecule is [N]S(=O)(=O)c1ccc([N+](=O)[O-])cc1. The zero-order chi connectivity index (χ0) is 10.1. The van der Waals surface area contributed by atoms with Gasteiger partial charge in [0.1, 0.15) is 0 Å². The van der Waals surface area contributed by atoms with Crippen molar-refractivity contribution in [2.24, 2.45) is 0 Å². The van der Waals surface area contributed by atoms with Crippen LogP contribution in [0.2, 0.25) is 0 Å². The number of rotatable bonds is 2. The lowest BCUT2D eigenvalue weighted by Gasteiger charge is -1.94. The van der Waals surface area contributed by atoms with Crippen LogP contribution in [0.1, 0.15) is 0 Å². The molecule has 13 heavy (non-hydrogen) atoms. The molecule has 0 atom stereocenters. The normalized spacial score (nSPS) is 11.2. The fraction of sp³-hybridized carbons (Fsp3) is 0. The van der Waals surface area contributed by atoms with Crippen LogP contribution in [0, 0.1) is 10.1 Å².